The molecule has 0 radical (unpaired) electrons. The number of nitrogens with zero attached hydrogens (tertiary/aromatic N) is 4. The third-order valence-corrected chi connectivity index (χ3v) is 11.0. The lowest BCUT2D eigenvalue weighted by Crippen LogP contribution is -2.28. The lowest BCUT2D eigenvalue weighted by molar-refractivity contribution is -0.121. The number of aryl methyl sites for hydroxylation is 7. The Hall–Kier alpha value is -7.01. The van der Waals surface area contributed by atoms with E-state index in [4.69, 9.17) is 28.4 Å². The van der Waals surface area contributed by atoms with Crippen LogP contribution in [0.3, 0.4) is 0 Å². The molecule has 7 heterocycles. The molecule has 65 heavy (non-hydrogen) atoms. The highest BCUT2D eigenvalue weighted by Crippen LogP contribution is 2.33. The van der Waals surface area contributed by atoms with E-state index >= 15 is 0 Å². The zero-order chi connectivity index (χ0) is 45.7. The molecule has 0 saturated heterocycles. The summed E-state index contributed by atoms with van der Waals surface area (Å²) in [4.78, 5) is 17.3. The van der Waals surface area contributed by atoms with Crippen LogP contribution in [0.4, 0.5) is 5.69 Å². The molecule has 0 saturated carbocycles. The predicted octanol–water partition coefficient (Wildman–Crippen LogP) is 10.3. The Morgan fingerprint density at radius 1 is 0.523 bits per heavy atom. The normalized spacial score (nSPS) is 14.2. The van der Waals surface area contributed by atoms with E-state index in [2.05, 4.69) is 91.3 Å². The summed E-state index contributed by atoms with van der Waals surface area (Å²) in [6.45, 7) is 16.4. The van der Waals surface area contributed by atoms with Crippen LogP contribution in [0.15, 0.2) is 116 Å². The third-order valence-electron chi connectivity index (χ3n) is 11.0. The summed E-state index contributed by atoms with van der Waals surface area (Å²) >= 11 is 0. The third kappa shape index (κ3) is 13.0. The molecule has 5 aliphatic rings. The molecule has 5 aromatic carbocycles. The second-order valence-corrected chi connectivity index (χ2v) is 16.7. The summed E-state index contributed by atoms with van der Waals surface area (Å²) in [6.07, 6.45) is 7.52. The smallest absolute Gasteiger partial charge is 0.231 e. The van der Waals surface area contributed by atoms with Crippen LogP contribution in [0.1, 0.15) is 56.6 Å². The number of hydrogen-bond donors (Lipinski definition) is 0. The molecule has 12 rings (SSSR count). The van der Waals surface area contributed by atoms with Crippen molar-refractivity contribution in [1.82, 2.24) is 14.6 Å². The minimum absolute atomic E-state index is 0.160. The SMILES string of the molecule is Cc1ccc2c(c1)CC(=O)CO2.Cc1ccc2c(c1)CCCO2.Cc1ccc2c(c1)CCO2.Cc1ccc2c(c1)N(C)CCO2.Cc1ccc2c(c1)OCO2.Cc1ccc2nccn2n1. The number of ketones is 1. The summed E-state index contributed by atoms with van der Waals surface area (Å²) < 4.78 is 33.6. The van der Waals surface area contributed by atoms with Crippen molar-refractivity contribution in [2.24, 2.45) is 0 Å². The van der Waals surface area contributed by atoms with Gasteiger partial charge in [0.1, 0.15) is 36.2 Å². The minimum atomic E-state index is 0.160. The fourth-order valence-corrected chi connectivity index (χ4v) is 7.59. The average molecular weight is 877 g/mol. The average Bonchev–Trinajstić information content (AvgIpc) is 4.09. The van der Waals surface area contributed by atoms with Gasteiger partial charge < -0.3 is 33.3 Å². The Bertz CT molecular complexity index is 2660. The second-order valence-electron chi connectivity index (χ2n) is 16.7. The predicted molar refractivity (Wildman–Crippen MR) is 256 cm³/mol. The summed E-state index contributed by atoms with van der Waals surface area (Å²) in [6, 6.07) is 34.7. The summed E-state index contributed by atoms with van der Waals surface area (Å²) in [7, 11) is 2.10. The fourth-order valence-electron chi connectivity index (χ4n) is 7.59. The highest BCUT2D eigenvalue weighted by Gasteiger charge is 2.17. The molecule has 0 amide bonds. The van der Waals surface area contributed by atoms with Crippen molar-refractivity contribution in [1.29, 1.82) is 0 Å². The molecular weight excluding hydrogens is 817 g/mol. The fraction of sp³-hybridized carbons (Fsp3) is 0.315. The zero-order valence-electron chi connectivity index (χ0n) is 38.7. The number of imidazole rings is 1. The molecule has 0 fully saturated rings. The molecule has 11 heteroatoms. The zero-order valence-corrected chi connectivity index (χ0v) is 38.7. The van der Waals surface area contributed by atoms with Gasteiger partial charge in [0.05, 0.1) is 31.1 Å². The van der Waals surface area contributed by atoms with Crippen molar-refractivity contribution < 1.29 is 33.2 Å². The highest BCUT2D eigenvalue weighted by molar-refractivity contribution is 5.84. The van der Waals surface area contributed by atoms with E-state index in [-0.39, 0.29) is 12.4 Å². The largest absolute Gasteiger partial charge is 0.493 e. The van der Waals surface area contributed by atoms with Gasteiger partial charge in [-0.3, -0.25) is 4.79 Å². The van der Waals surface area contributed by atoms with Gasteiger partial charge in [-0.25, -0.2) is 9.50 Å². The number of fused-ring (bicyclic) bond motifs is 6. The quantitative estimate of drug-likeness (QED) is 0.146. The lowest BCUT2D eigenvalue weighted by Gasteiger charge is -2.27. The molecular formula is C54H60N4O7. The number of rotatable bonds is 0. The molecule has 7 aromatic rings. The van der Waals surface area contributed by atoms with Crippen LogP contribution in [0, 0.1) is 41.5 Å². The van der Waals surface area contributed by atoms with Gasteiger partial charge >= 0.3 is 0 Å². The van der Waals surface area contributed by atoms with Gasteiger partial charge in [-0.05, 0) is 131 Å². The van der Waals surface area contributed by atoms with E-state index < -0.39 is 0 Å². The molecule has 0 spiro atoms. The van der Waals surface area contributed by atoms with Gasteiger partial charge in [0, 0.05) is 37.8 Å². The van der Waals surface area contributed by atoms with Gasteiger partial charge in [-0.1, -0.05) is 65.2 Å². The summed E-state index contributed by atoms with van der Waals surface area (Å²) in [5, 5.41) is 4.19. The van der Waals surface area contributed by atoms with Crippen molar-refractivity contribution in [3.63, 3.8) is 0 Å². The topological polar surface area (TPSA) is 106 Å². The van der Waals surface area contributed by atoms with Crippen LogP contribution in [0.2, 0.25) is 0 Å². The highest BCUT2D eigenvalue weighted by atomic mass is 16.7. The van der Waals surface area contributed by atoms with Crippen LogP contribution < -0.4 is 33.3 Å². The van der Waals surface area contributed by atoms with Crippen molar-refractivity contribution in [3.8, 4) is 34.5 Å². The molecule has 11 nitrogen and oxygen atoms in total. The maximum absolute atomic E-state index is 11.0. The molecule has 338 valence electrons. The number of hydrogen-bond acceptors (Lipinski definition) is 10. The molecule has 0 N–H and O–H groups in total. The van der Waals surface area contributed by atoms with Gasteiger partial charge in [0.2, 0.25) is 6.79 Å². The van der Waals surface area contributed by atoms with Crippen LogP contribution >= 0.6 is 0 Å². The van der Waals surface area contributed by atoms with E-state index in [9.17, 15) is 4.79 Å². The van der Waals surface area contributed by atoms with Crippen molar-refractivity contribution in [2.45, 2.75) is 67.2 Å². The van der Waals surface area contributed by atoms with Gasteiger partial charge in [-0.15, -0.1) is 0 Å². The number of benzene rings is 5. The standard InChI is InChI=1S/C10H13NO.C10H10O2.C10H12O.C9H10O.C8H8O2.C7H7N3/c1-8-3-4-10-9(7-8)11(2)5-6-12-10;1-7-2-3-10-8(4-7)5-9(11)6-12-10;1-8-4-5-10-9(7-8)3-2-6-11-10;1-7-2-3-9-8(6-7)4-5-10-9;1-6-2-3-7-8(4-6)10-5-9-7;1-6-2-3-7-8-4-5-10(7)9-6/h3-4,7H,5-6H2,1-2H3;2-4H,5-6H2,1H3;4-5,7H,2-3,6H2,1H3;2-3,6H,4-5H2,1H3;2-4H,5H2,1H3;2-5H,1H3. The number of anilines is 1. The molecule has 0 unspecified atom stereocenters. The number of ether oxygens (including phenoxy) is 6. The van der Waals surface area contributed by atoms with Crippen molar-refractivity contribution >= 4 is 17.1 Å². The van der Waals surface area contributed by atoms with Gasteiger partial charge in [0.25, 0.3) is 0 Å². The number of aromatic nitrogens is 3. The maximum atomic E-state index is 11.0. The number of likely N-dealkylation sites (N-methyl/N-ethyl adjacent to an activating group) is 1. The lowest BCUT2D eigenvalue weighted by atomic mass is 10.0. The van der Waals surface area contributed by atoms with Crippen LogP contribution in [-0.2, 0) is 24.1 Å². The van der Waals surface area contributed by atoms with Crippen LogP contribution in [0.5, 0.6) is 34.5 Å². The van der Waals surface area contributed by atoms with E-state index in [1.54, 1.807) is 10.7 Å². The number of Topliss-reactive ketones (excluding diaryl/α,β-unsaturated/α-hetero) is 1. The Balaban J connectivity index is 0.000000117. The first kappa shape index (κ1) is 46.0. The van der Waals surface area contributed by atoms with Crippen LogP contribution in [-0.4, -0.2) is 67.2 Å². The first-order valence-electron chi connectivity index (χ1n) is 22.2. The second kappa shape index (κ2) is 22.1. The first-order chi connectivity index (χ1) is 31.5. The van der Waals surface area contributed by atoms with Gasteiger partial charge in [-0.2, -0.15) is 5.10 Å². The summed E-state index contributed by atoms with van der Waals surface area (Å²) in [5.41, 5.74) is 13.2. The van der Waals surface area contributed by atoms with Crippen molar-refractivity contribution in [2.75, 3.05) is 51.7 Å². The first-order valence-corrected chi connectivity index (χ1v) is 22.2. The Morgan fingerprint density at radius 2 is 1.09 bits per heavy atom. The Morgan fingerprint density at radius 3 is 1.82 bits per heavy atom. The van der Waals surface area contributed by atoms with Gasteiger partial charge in [0.15, 0.2) is 22.9 Å². The minimum Gasteiger partial charge on any atom is -0.493 e. The Labute approximate surface area is 382 Å². The van der Waals surface area contributed by atoms with E-state index in [0.717, 1.165) is 90.6 Å². The molecule has 0 aliphatic carbocycles. The van der Waals surface area contributed by atoms with E-state index in [1.807, 2.05) is 81.6 Å². The van der Waals surface area contributed by atoms with E-state index in [1.165, 1.54) is 51.1 Å². The summed E-state index contributed by atoms with van der Waals surface area (Å²) in [5.74, 6) is 5.90. The van der Waals surface area contributed by atoms with Crippen LogP contribution in [0.25, 0.3) is 5.65 Å². The number of carbonyl (C=O) groups is 1. The Kier molecular flexibility index (Phi) is 15.6. The molecule has 2 aromatic heterocycles. The molecule has 0 bridgehead atoms. The number of carbonyl (C=O) groups excluding carboxylic acids is 1. The van der Waals surface area contributed by atoms with Crippen molar-refractivity contribution in [3.05, 3.63) is 166 Å². The molecule has 0 atom stereocenters. The maximum Gasteiger partial charge on any atom is 0.231 e. The van der Waals surface area contributed by atoms with E-state index in [0.29, 0.717) is 13.2 Å². The monoisotopic (exact) mass is 876 g/mol. The molecule has 5 aliphatic heterocycles.